The van der Waals surface area contributed by atoms with Crippen molar-refractivity contribution in [1.82, 2.24) is 5.32 Å². The van der Waals surface area contributed by atoms with E-state index in [0.717, 1.165) is 26.1 Å². The Kier molecular flexibility index (Phi) is 7.45. The molecule has 0 aliphatic carbocycles. The number of ether oxygens (including phenoxy) is 1. The Morgan fingerprint density at radius 1 is 1.42 bits per heavy atom. The maximum atomic E-state index is 5.85. The molecule has 0 aromatic carbocycles. The molecule has 0 saturated heterocycles. The van der Waals surface area contributed by atoms with Crippen LogP contribution in [0.5, 0.6) is 0 Å². The number of hydrogen-bond acceptors (Lipinski definition) is 3. The first-order chi connectivity index (χ1) is 5.66. The van der Waals surface area contributed by atoms with Crippen molar-refractivity contribution in [1.29, 1.82) is 0 Å². The molecule has 3 heteroatoms. The van der Waals surface area contributed by atoms with E-state index in [4.69, 9.17) is 10.5 Å². The molecule has 0 amide bonds. The van der Waals surface area contributed by atoms with Crippen molar-refractivity contribution < 1.29 is 4.74 Å². The second-order valence-corrected chi connectivity index (χ2v) is 3.59. The minimum atomic E-state index is 0.279. The van der Waals surface area contributed by atoms with Gasteiger partial charge in [0.05, 0.1) is 6.61 Å². The van der Waals surface area contributed by atoms with Crippen LogP contribution in [0.3, 0.4) is 0 Å². The van der Waals surface area contributed by atoms with Crippen molar-refractivity contribution in [3.8, 4) is 0 Å². The predicted molar refractivity (Wildman–Crippen MR) is 52.2 cm³/mol. The third kappa shape index (κ3) is 7.98. The van der Waals surface area contributed by atoms with Gasteiger partial charge in [0.2, 0.25) is 0 Å². The summed E-state index contributed by atoms with van der Waals surface area (Å²) in [6.45, 7) is 6.92. The fourth-order valence-corrected chi connectivity index (χ4v) is 1.15. The average molecular weight is 174 g/mol. The van der Waals surface area contributed by atoms with Crippen LogP contribution in [0.4, 0.5) is 0 Å². The summed E-state index contributed by atoms with van der Waals surface area (Å²) in [5, 5.41) is 3.24. The number of nitrogens with one attached hydrogen (secondary N) is 1. The van der Waals surface area contributed by atoms with E-state index in [-0.39, 0.29) is 6.04 Å². The SMILES string of the molecule is COCCNCC(N)CC(C)C. The molecule has 1 atom stereocenters. The maximum absolute atomic E-state index is 5.85. The van der Waals surface area contributed by atoms with E-state index >= 15 is 0 Å². The number of rotatable bonds is 7. The van der Waals surface area contributed by atoms with Gasteiger partial charge in [-0.05, 0) is 12.3 Å². The lowest BCUT2D eigenvalue weighted by Gasteiger charge is -2.14. The largest absolute Gasteiger partial charge is 0.383 e. The lowest BCUT2D eigenvalue weighted by molar-refractivity contribution is 0.198. The van der Waals surface area contributed by atoms with E-state index in [1.165, 1.54) is 0 Å². The van der Waals surface area contributed by atoms with E-state index in [0.29, 0.717) is 5.92 Å². The molecule has 0 bridgehead atoms. The van der Waals surface area contributed by atoms with E-state index in [1.54, 1.807) is 7.11 Å². The number of hydrogen-bond donors (Lipinski definition) is 2. The summed E-state index contributed by atoms with van der Waals surface area (Å²) in [5.74, 6) is 0.684. The number of methoxy groups -OCH3 is 1. The van der Waals surface area contributed by atoms with Crippen LogP contribution in [0.1, 0.15) is 20.3 Å². The van der Waals surface area contributed by atoms with E-state index in [9.17, 15) is 0 Å². The van der Waals surface area contributed by atoms with Gasteiger partial charge < -0.3 is 15.8 Å². The topological polar surface area (TPSA) is 47.3 Å². The zero-order valence-electron chi connectivity index (χ0n) is 8.47. The first-order valence-corrected chi connectivity index (χ1v) is 4.62. The van der Waals surface area contributed by atoms with E-state index in [2.05, 4.69) is 19.2 Å². The molecular weight excluding hydrogens is 152 g/mol. The molecule has 0 aromatic rings. The van der Waals surface area contributed by atoms with Gasteiger partial charge in [-0.3, -0.25) is 0 Å². The van der Waals surface area contributed by atoms with Crippen LogP contribution in [-0.4, -0.2) is 32.8 Å². The monoisotopic (exact) mass is 174 g/mol. The summed E-state index contributed by atoms with van der Waals surface area (Å²) in [5.41, 5.74) is 5.85. The molecule has 12 heavy (non-hydrogen) atoms. The standard InChI is InChI=1S/C9H22N2O/c1-8(2)6-9(10)7-11-4-5-12-3/h8-9,11H,4-7,10H2,1-3H3. The Hall–Kier alpha value is -0.120. The Balaban J connectivity index is 3.14. The smallest absolute Gasteiger partial charge is 0.0587 e. The molecule has 1 unspecified atom stereocenters. The summed E-state index contributed by atoms with van der Waals surface area (Å²) in [6.07, 6.45) is 1.08. The molecule has 3 N–H and O–H groups in total. The molecule has 0 rings (SSSR count). The van der Waals surface area contributed by atoms with Gasteiger partial charge in [0.25, 0.3) is 0 Å². The fraction of sp³-hybridized carbons (Fsp3) is 1.00. The Labute approximate surface area is 75.7 Å². The molecule has 0 radical (unpaired) electrons. The van der Waals surface area contributed by atoms with Crippen molar-refractivity contribution in [2.75, 3.05) is 26.8 Å². The van der Waals surface area contributed by atoms with Crippen LogP contribution < -0.4 is 11.1 Å². The zero-order valence-corrected chi connectivity index (χ0v) is 8.47. The molecule has 0 aromatic heterocycles. The summed E-state index contributed by atoms with van der Waals surface area (Å²) in [4.78, 5) is 0. The van der Waals surface area contributed by atoms with Crippen molar-refractivity contribution in [2.24, 2.45) is 11.7 Å². The first-order valence-electron chi connectivity index (χ1n) is 4.62. The molecular formula is C9H22N2O. The van der Waals surface area contributed by atoms with Crippen molar-refractivity contribution in [2.45, 2.75) is 26.3 Å². The van der Waals surface area contributed by atoms with Gasteiger partial charge in [0.15, 0.2) is 0 Å². The minimum Gasteiger partial charge on any atom is -0.383 e. The Bertz CT molecular complexity index is 96.5. The normalized spacial score (nSPS) is 13.8. The summed E-state index contributed by atoms with van der Waals surface area (Å²) >= 11 is 0. The van der Waals surface area contributed by atoms with Crippen molar-refractivity contribution in [3.63, 3.8) is 0 Å². The van der Waals surface area contributed by atoms with Crippen LogP contribution in [0.2, 0.25) is 0 Å². The second-order valence-electron chi connectivity index (χ2n) is 3.59. The Morgan fingerprint density at radius 2 is 2.08 bits per heavy atom. The molecule has 0 saturated carbocycles. The minimum absolute atomic E-state index is 0.279. The maximum Gasteiger partial charge on any atom is 0.0587 e. The highest BCUT2D eigenvalue weighted by atomic mass is 16.5. The lowest BCUT2D eigenvalue weighted by Crippen LogP contribution is -2.36. The summed E-state index contributed by atoms with van der Waals surface area (Å²) in [7, 11) is 1.70. The third-order valence-corrected chi connectivity index (χ3v) is 1.66. The molecule has 0 aliphatic rings. The average Bonchev–Trinajstić information content (AvgIpc) is 1.97. The van der Waals surface area contributed by atoms with Crippen LogP contribution in [-0.2, 0) is 4.74 Å². The molecule has 0 heterocycles. The quantitative estimate of drug-likeness (QED) is 0.555. The second kappa shape index (κ2) is 7.53. The summed E-state index contributed by atoms with van der Waals surface area (Å²) in [6, 6.07) is 0.279. The highest BCUT2D eigenvalue weighted by Crippen LogP contribution is 2.00. The fourth-order valence-electron chi connectivity index (χ4n) is 1.15. The van der Waals surface area contributed by atoms with Crippen LogP contribution in [0.25, 0.3) is 0 Å². The molecule has 74 valence electrons. The molecule has 0 spiro atoms. The summed E-state index contributed by atoms with van der Waals surface area (Å²) < 4.78 is 4.90. The van der Waals surface area contributed by atoms with E-state index in [1.807, 2.05) is 0 Å². The molecule has 0 aliphatic heterocycles. The number of nitrogens with two attached hydrogens (primary N) is 1. The van der Waals surface area contributed by atoms with Crippen LogP contribution >= 0.6 is 0 Å². The van der Waals surface area contributed by atoms with Gasteiger partial charge >= 0.3 is 0 Å². The van der Waals surface area contributed by atoms with Gasteiger partial charge in [-0.25, -0.2) is 0 Å². The zero-order chi connectivity index (χ0) is 9.40. The van der Waals surface area contributed by atoms with Gasteiger partial charge in [-0.2, -0.15) is 0 Å². The van der Waals surface area contributed by atoms with Crippen molar-refractivity contribution in [3.05, 3.63) is 0 Å². The molecule has 3 nitrogen and oxygen atoms in total. The van der Waals surface area contributed by atoms with Crippen LogP contribution in [0, 0.1) is 5.92 Å². The van der Waals surface area contributed by atoms with Crippen molar-refractivity contribution >= 4 is 0 Å². The van der Waals surface area contributed by atoms with Gasteiger partial charge in [-0.15, -0.1) is 0 Å². The molecule has 0 fully saturated rings. The van der Waals surface area contributed by atoms with Gasteiger partial charge in [0.1, 0.15) is 0 Å². The highest BCUT2D eigenvalue weighted by molar-refractivity contribution is 4.65. The highest BCUT2D eigenvalue weighted by Gasteiger charge is 2.03. The first kappa shape index (κ1) is 11.9. The van der Waals surface area contributed by atoms with E-state index < -0.39 is 0 Å². The van der Waals surface area contributed by atoms with Gasteiger partial charge in [0, 0.05) is 26.2 Å². The predicted octanol–water partition coefficient (Wildman–Crippen LogP) is 0.596. The van der Waals surface area contributed by atoms with Gasteiger partial charge in [-0.1, -0.05) is 13.8 Å². The lowest BCUT2D eigenvalue weighted by atomic mass is 10.0. The van der Waals surface area contributed by atoms with Crippen LogP contribution in [0.15, 0.2) is 0 Å². The third-order valence-electron chi connectivity index (χ3n) is 1.66. The Morgan fingerprint density at radius 3 is 2.58 bits per heavy atom.